The van der Waals surface area contributed by atoms with E-state index in [9.17, 15) is 15.0 Å². The molecule has 6 nitrogen and oxygen atoms in total. The number of methoxy groups -OCH3 is 1. The van der Waals surface area contributed by atoms with E-state index in [2.05, 4.69) is 11.9 Å². The number of carbonyl (C=O) groups is 1. The SMILES string of the molecule is COC1=C2O[C@H]3C(=O)C=C[C@H]4[C@H]5CC(C(O)=C1O)C2[C@@]34CCN5C. The summed E-state index contributed by atoms with van der Waals surface area (Å²) >= 11 is 0. The third-order valence-electron chi connectivity index (χ3n) is 6.95. The van der Waals surface area contributed by atoms with Gasteiger partial charge in [0.05, 0.1) is 7.11 Å². The van der Waals surface area contributed by atoms with Crippen LogP contribution in [0.1, 0.15) is 12.8 Å². The highest BCUT2D eigenvalue weighted by atomic mass is 16.5. The molecule has 1 spiro atoms. The molecule has 2 unspecified atom stereocenters. The first-order valence-corrected chi connectivity index (χ1v) is 8.50. The van der Waals surface area contributed by atoms with Gasteiger partial charge in [-0.1, -0.05) is 6.08 Å². The number of ether oxygens (including phenoxy) is 2. The second kappa shape index (κ2) is 4.36. The number of ketones is 1. The van der Waals surface area contributed by atoms with Crippen molar-refractivity contribution in [2.45, 2.75) is 25.0 Å². The number of allylic oxidation sites excluding steroid dienone is 2. The Morgan fingerprint density at radius 2 is 2.21 bits per heavy atom. The molecule has 0 aromatic carbocycles. The van der Waals surface area contributed by atoms with Crippen LogP contribution in [0.3, 0.4) is 0 Å². The zero-order chi connectivity index (χ0) is 16.8. The van der Waals surface area contributed by atoms with Crippen molar-refractivity contribution >= 4 is 5.78 Å². The van der Waals surface area contributed by atoms with Crippen LogP contribution in [0.2, 0.25) is 0 Å². The fourth-order valence-corrected chi connectivity index (χ4v) is 5.99. The highest BCUT2D eigenvalue weighted by molar-refractivity contribution is 5.96. The number of nitrogens with zero attached hydrogens (tertiary/aromatic N) is 1. The minimum Gasteiger partial charge on any atom is -0.508 e. The highest BCUT2D eigenvalue weighted by Gasteiger charge is 2.71. The van der Waals surface area contributed by atoms with Crippen LogP contribution in [0.5, 0.6) is 0 Å². The predicted octanol–water partition coefficient (Wildman–Crippen LogP) is 1.67. The van der Waals surface area contributed by atoms with Gasteiger partial charge in [-0.3, -0.25) is 4.79 Å². The standard InChI is InChI=1S/C18H21NO5/c1-19-6-5-18-9-3-4-11(20)17(18)24-15-12(18)8(7-10(9)19)13(21)14(22)16(15)23-2/h3-4,8-10,12,17,21-22H,5-7H2,1-2H3/t8?,9-,10+,12?,17-,18-/m0/s1. The van der Waals surface area contributed by atoms with E-state index in [4.69, 9.17) is 9.47 Å². The number of hydrogen-bond acceptors (Lipinski definition) is 6. The zero-order valence-electron chi connectivity index (χ0n) is 13.7. The van der Waals surface area contributed by atoms with Gasteiger partial charge in [0.2, 0.25) is 5.76 Å². The molecule has 5 rings (SSSR count). The normalized spacial score (nSPS) is 46.1. The Bertz CT molecular complexity index is 738. The van der Waals surface area contributed by atoms with Crippen molar-refractivity contribution in [1.82, 2.24) is 4.90 Å². The predicted molar refractivity (Wildman–Crippen MR) is 83.9 cm³/mol. The minimum absolute atomic E-state index is 0.0217. The largest absolute Gasteiger partial charge is 0.508 e. The number of aliphatic hydroxyl groups is 2. The first kappa shape index (κ1) is 14.4. The molecule has 2 N–H and O–H groups in total. The Morgan fingerprint density at radius 1 is 1.42 bits per heavy atom. The van der Waals surface area contributed by atoms with Crippen molar-refractivity contribution in [3.05, 3.63) is 35.2 Å². The first-order chi connectivity index (χ1) is 11.5. The van der Waals surface area contributed by atoms with E-state index in [1.807, 2.05) is 6.08 Å². The molecule has 2 heterocycles. The van der Waals surface area contributed by atoms with Gasteiger partial charge in [-0.05, 0) is 32.5 Å². The van der Waals surface area contributed by atoms with E-state index in [1.54, 1.807) is 6.08 Å². The number of hydrogen-bond donors (Lipinski definition) is 2. The second-order valence-electron chi connectivity index (χ2n) is 7.65. The summed E-state index contributed by atoms with van der Waals surface area (Å²) in [5.74, 6) is 0.308. The lowest BCUT2D eigenvalue weighted by Crippen LogP contribution is -2.65. The van der Waals surface area contributed by atoms with Gasteiger partial charge in [0.15, 0.2) is 17.6 Å². The second-order valence-corrected chi connectivity index (χ2v) is 7.65. The van der Waals surface area contributed by atoms with Gasteiger partial charge in [-0.2, -0.15) is 0 Å². The molecule has 0 aromatic rings. The molecule has 128 valence electrons. The van der Waals surface area contributed by atoms with Crippen LogP contribution in [0.15, 0.2) is 35.2 Å². The molecule has 2 aliphatic heterocycles. The minimum atomic E-state index is -0.546. The van der Waals surface area contributed by atoms with Crippen molar-refractivity contribution in [3.63, 3.8) is 0 Å². The van der Waals surface area contributed by atoms with Gasteiger partial charge in [-0.15, -0.1) is 0 Å². The van der Waals surface area contributed by atoms with Crippen LogP contribution in [0.4, 0.5) is 0 Å². The summed E-state index contributed by atoms with van der Waals surface area (Å²) in [6.07, 6.45) is 4.72. The maximum Gasteiger partial charge on any atom is 0.202 e. The van der Waals surface area contributed by atoms with Gasteiger partial charge in [0.1, 0.15) is 11.5 Å². The topological polar surface area (TPSA) is 79.2 Å². The third kappa shape index (κ3) is 1.36. The Hall–Kier alpha value is -1.95. The molecule has 6 heteroatoms. The van der Waals surface area contributed by atoms with Gasteiger partial charge in [0.25, 0.3) is 0 Å². The van der Waals surface area contributed by atoms with E-state index < -0.39 is 6.10 Å². The van der Waals surface area contributed by atoms with Crippen LogP contribution in [-0.4, -0.2) is 53.7 Å². The Morgan fingerprint density at radius 3 is 2.96 bits per heavy atom. The van der Waals surface area contributed by atoms with E-state index in [-0.39, 0.29) is 52.3 Å². The maximum atomic E-state index is 12.6. The number of piperidine rings is 1. The Kier molecular flexibility index (Phi) is 2.62. The molecule has 5 aliphatic rings. The van der Waals surface area contributed by atoms with Crippen LogP contribution in [0.25, 0.3) is 0 Å². The molecule has 2 saturated heterocycles. The summed E-state index contributed by atoms with van der Waals surface area (Å²) in [4.78, 5) is 14.9. The van der Waals surface area contributed by atoms with E-state index in [1.165, 1.54) is 7.11 Å². The van der Waals surface area contributed by atoms with Crippen molar-refractivity contribution in [1.29, 1.82) is 0 Å². The van der Waals surface area contributed by atoms with E-state index in [0.29, 0.717) is 5.76 Å². The third-order valence-corrected chi connectivity index (χ3v) is 6.95. The van der Waals surface area contributed by atoms with E-state index >= 15 is 0 Å². The van der Waals surface area contributed by atoms with Crippen molar-refractivity contribution in [2.24, 2.45) is 23.2 Å². The summed E-state index contributed by atoms with van der Waals surface area (Å²) < 4.78 is 11.5. The lowest BCUT2D eigenvalue weighted by molar-refractivity contribution is -0.142. The van der Waals surface area contributed by atoms with E-state index in [0.717, 1.165) is 19.4 Å². The lowest BCUT2D eigenvalue weighted by Gasteiger charge is -2.59. The Labute approximate surface area is 140 Å². The number of likely N-dealkylation sites (tertiary alicyclic amines) is 1. The molecule has 3 aliphatic carbocycles. The Balaban J connectivity index is 1.78. The van der Waals surface area contributed by atoms with Crippen molar-refractivity contribution in [3.8, 4) is 0 Å². The van der Waals surface area contributed by atoms with Gasteiger partial charge in [0, 0.05) is 29.2 Å². The monoisotopic (exact) mass is 331 g/mol. The number of aliphatic hydroxyl groups excluding tert-OH is 2. The average Bonchev–Trinajstić information content (AvgIpc) is 2.91. The summed E-state index contributed by atoms with van der Waals surface area (Å²) in [7, 11) is 3.54. The van der Waals surface area contributed by atoms with Crippen LogP contribution in [-0.2, 0) is 14.3 Å². The summed E-state index contributed by atoms with van der Waals surface area (Å²) in [6, 6.07) is 0.230. The molecule has 0 amide bonds. The van der Waals surface area contributed by atoms with Gasteiger partial charge >= 0.3 is 0 Å². The molecule has 24 heavy (non-hydrogen) atoms. The molecule has 0 radical (unpaired) electrons. The van der Waals surface area contributed by atoms with Crippen molar-refractivity contribution < 1.29 is 24.5 Å². The number of rotatable bonds is 1. The fourth-order valence-electron chi connectivity index (χ4n) is 5.99. The molecule has 2 bridgehead atoms. The summed E-state index contributed by atoms with van der Waals surface area (Å²) in [6.45, 7) is 0.900. The highest BCUT2D eigenvalue weighted by Crippen LogP contribution is 2.67. The molecule has 1 saturated carbocycles. The maximum absolute atomic E-state index is 12.6. The van der Waals surface area contributed by atoms with Gasteiger partial charge in [-0.25, -0.2) is 0 Å². The molecule has 0 aromatic heterocycles. The van der Waals surface area contributed by atoms with Crippen LogP contribution < -0.4 is 0 Å². The molecule has 6 atom stereocenters. The number of carbonyl (C=O) groups excluding carboxylic acids is 1. The molecular weight excluding hydrogens is 310 g/mol. The molecular formula is C18H21NO5. The zero-order valence-corrected chi connectivity index (χ0v) is 13.7. The smallest absolute Gasteiger partial charge is 0.202 e. The van der Waals surface area contributed by atoms with Crippen LogP contribution in [0, 0.1) is 23.2 Å². The van der Waals surface area contributed by atoms with Crippen molar-refractivity contribution in [2.75, 3.05) is 20.7 Å². The van der Waals surface area contributed by atoms with Gasteiger partial charge < -0.3 is 24.6 Å². The fraction of sp³-hybridized carbons (Fsp3) is 0.611. The summed E-state index contributed by atoms with van der Waals surface area (Å²) in [5.41, 5.74) is -0.347. The lowest BCUT2D eigenvalue weighted by atomic mass is 9.47. The summed E-state index contributed by atoms with van der Waals surface area (Å²) in [5, 5.41) is 21.0. The first-order valence-electron chi connectivity index (χ1n) is 8.50. The van der Waals surface area contributed by atoms with Crippen LogP contribution >= 0.6 is 0 Å². The average molecular weight is 331 g/mol. The quantitative estimate of drug-likeness (QED) is 0.761. The molecule has 3 fully saturated rings.